The predicted octanol–water partition coefficient (Wildman–Crippen LogP) is 4.23. The number of nitrogens with two attached hydrogens (primary N) is 1. The molecule has 0 radical (unpaired) electrons. The standard InChI is InChI=1S/C15H17BrN2OS/c1-9-12(7-11(16)8-13(9)17)15(19)18(3)10(2)14-5-4-6-20-14/h4-8,10H,17H2,1-3H3. The third kappa shape index (κ3) is 2.88. The summed E-state index contributed by atoms with van der Waals surface area (Å²) in [5.41, 5.74) is 8.02. The van der Waals surface area contributed by atoms with Crippen molar-refractivity contribution in [3.63, 3.8) is 0 Å². The number of nitrogen functional groups attached to an aromatic ring is 1. The Balaban J connectivity index is 2.32. The molecule has 1 atom stereocenters. The van der Waals surface area contributed by atoms with E-state index in [9.17, 15) is 4.79 Å². The van der Waals surface area contributed by atoms with Crippen molar-refractivity contribution in [2.75, 3.05) is 12.8 Å². The number of carbonyl (C=O) groups is 1. The number of hydrogen-bond acceptors (Lipinski definition) is 3. The van der Waals surface area contributed by atoms with Gasteiger partial charge in [-0.1, -0.05) is 22.0 Å². The predicted molar refractivity (Wildman–Crippen MR) is 88.1 cm³/mol. The van der Waals surface area contributed by atoms with Crippen LogP contribution in [0.2, 0.25) is 0 Å². The SMILES string of the molecule is Cc1c(N)cc(Br)cc1C(=O)N(C)C(C)c1cccs1. The lowest BCUT2D eigenvalue weighted by Crippen LogP contribution is -2.30. The zero-order chi connectivity index (χ0) is 14.9. The van der Waals surface area contributed by atoms with E-state index in [0.717, 1.165) is 10.0 Å². The highest BCUT2D eigenvalue weighted by atomic mass is 79.9. The van der Waals surface area contributed by atoms with Crippen molar-refractivity contribution in [1.82, 2.24) is 4.90 Å². The molecule has 1 amide bonds. The number of benzene rings is 1. The largest absolute Gasteiger partial charge is 0.398 e. The number of nitrogens with zero attached hydrogens (tertiary/aromatic N) is 1. The quantitative estimate of drug-likeness (QED) is 0.840. The van der Waals surface area contributed by atoms with Gasteiger partial charge in [-0.2, -0.15) is 0 Å². The summed E-state index contributed by atoms with van der Waals surface area (Å²) in [4.78, 5) is 15.6. The highest BCUT2D eigenvalue weighted by Crippen LogP contribution is 2.28. The third-order valence-electron chi connectivity index (χ3n) is 3.50. The number of thiophene rings is 1. The smallest absolute Gasteiger partial charge is 0.254 e. The molecule has 2 aromatic rings. The van der Waals surface area contributed by atoms with Gasteiger partial charge in [0.15, 0.2) is 0 Å². The van der Waals surface area contributed by atoms with Gasteiger partial charge in [-0.15, -0.1) is 11.3 Å². The number of anilines is 1. The molecule has 0 saturated carbocycles. The Morgan fingerprint density at radius 3 is 2.75 bits per heavy atom. The molecule has 1 heterocycles. The van der Waals surface area contributed by atoms with Gasteiger partial charge in [-0.05, 0) is 43.0 Å². The maximum atomic E-state index is 12.7. The van der Waals surface area contributed by atoms with Crippen LogP contribution in [0.25, 0.3) is 0 Å². The van der Waals surface area contributed by atoms with Crippen molar-refractivity contribution in [1.29, 1.82) is 0 Å². The minimum absolute atomic E-state index is 0.0172. The fourth-order valence-corrected chi connectivity index (χ4v) is 3.31. The second-order valence-corrected chi connectivity index (χ2v) is 6.67. The minimum Gasteiger partial charge on any atom is -0.398 e. The Morgan fingerprint density at radius 1 is 1.45 bits per heavy atom. The summed E-state index contributed by atoms with van der Waals surface area (Å²) in [6, 6.07) is 7.72. The van der Waals surface area contributed by atoms with Crippen molar-refractivity contribution in [3.05, 3.63) is 50.1 Å². The van der Waals surface area contributed by atoms with Gasteiger partial charge < -0.3 is 10.6 Å². The summed E-state index contributed by atoms with van der Waals surface area (Å²) in [6.07, 6.45) is 0. The Bertz CT molecular complexity index is 625. The molecule has 0 saturated heterocycles. The minimum atomic E-state index is -0.0172. The zero-order valence-electron chi connectivity index (χ0n) is 11.7. The molecule has 1 aromatic carbocycles. The Labute approximate surface area is 131 Å². The number of halogens is 1. The van der Waals surface area contributed by atoms with Gasteiger partial charge in [0.25, 0.3) is 5.91 Å². The van der Waals surface area contributed by atoms with Crippen LogP contribution in [-0.2, 0) is 0 Å². The highest BCUT2D eigenvalue weighted by Gasteiger charge is 2.22. The molecular formula is C15H17BrN2OS. The molecule has 0 bridgehead atoms. The molecule has 1 aromatic heterocycles. The van der Waals surface area contributed by atoms with Crippen LogP contribution in [0.4, 0.5) is 5.69 Å². The Hall–Kier alpha value is -1.33. The fourth-order valence-electron chi connectivity index (χ4n) is 2.01. The van der Waals surface area contributed by atoms with Gasteiger partial charge in [0.2, 0.25) is 0 Å². The molecule has 0 fully saturated rings. The molecule has 20 heavy (non-hydrogen) atoms. The second kappa shape index (κ2) is 5.97. The normalized spacial score (nSPS) is 12.2. The van der Waals surface area contributed by atoms with Crippen molar-refractivity contribution in [2.24, 2.45) is 0 Å². The van der Waals surface area contributed by atoms with Gasteiger partial charge in [-0.3, -0.25) is 4.79 Å². The van der Waals surface area contributed by atoms with Crippen molar-refractivity contribution in [2.45, 2.75) is 19.9 Å². The number of amides is 1. The highest BCUT2D eigenvalue weighted by molar-refractivity contribution is 9.10. The van der Waals surface area contributed by atoms with Crippen molar-refractivity contribution in [3.8, 4) is 0 Å². The molecule has 1 unspecified atom stereocenters. The van der Waals surface area contributed by atoms with Crippen LogP contribution in [0.15, 0.2) is 34.1 Å². The van der Waals surface area contributed by atoms with Gasteiger partial charge in [0, 0.05) is 27.6 Å². The lowest BCUT2D eigenvalue weighted by Gasteiger charge is -2.25. The van der Waals surface area contributed by atoms with Crippen LogP contribution in [0.1, 0.15) is 33.8 Å². The van der Waals surface area contributed by atoms with E-state index in [-0.39, 0.29) is 11.9 Å². The number of carbonyl (C=O) groups excluding carboxylic acids is 1. The van der Waals surface area contributed by atoms with Gasteiger partial charge in [0.05, 0.1) is 6.04 Å². The first-order chi connectivity index (χ1) is 9.41. The molecule has 5 heteroatoms. The zero-order valence-corrected chi connectivity index (χ0v) is 14.1. The second-order valence-electron chi connectivity index (χ2n) is 4.78. The van der Waals surface area contributed by atoms with Crippen LogP contribution in [0.3, 0.4) is 0 Å². The molecule has 2 N–H and O–H groups in total. The first-order valence-corrected chi connectivity index (χ1v) is 7.95. The van der Waals surface area contributed by atoms with E-state index in [1.165, 1.54) is 4.88 Å². The van der Waals surface area contributed by atoms with E-state index in [0.29, 0.717) is 11.3 Å². The van der Waals surface area contributed by atoms with Crippen molar-refractivity contribution < 1.29 is 4.79 Å². The average Bonchev–Trinajstić information content (AvgIpc) is 2.94. The van der Waals surface area contributed by atoms with Gasteiger partial charge >= 0.3 is 0 Å². The van der Waals surface area contributed by atoms with Crippen LogP contribution in [0, 0.1) is 6.92 Å². The van der Waals surface area contributed by atoms with E-state index in [2.05, 4.69) is 15.9 Å². The number of rotatable bonds is 3. The molecule has 0 aliphatic carbocycles. The van der Waals surface area contributed by atoms with E-state index < -0.39 is 0 Å². The molecule has 3 nitrogen and oxygen atoms in total. The third-order valence-corrected chi connectivity index (χ3v) is 5.00. The fraction of sp³-hybridized carbons (Fsp3) is 0.267. The van der Waals surface area contributed by atoms with Crippen LogP contribution in [0.5, 0.6) is 0 Å². The van der Waals surface area contributed by atoms with E-state index in [1.807, 2.05) is 50.5 Å². The number of hydrogen-bond donors (Lipinski definition) is 1. The molecular weight excluding hydrogens is 336 g/mol. The van der Waals surface area contributed by atoms with Gasteiger partial charge in [0.1, 0.15) is 0 Å². The summed E-state index contributed by atoms with van der Waals surface area (Å²) in [6.45, 7) is 3.90. The molecule has 0 aliphatic heterocycles. The lowest BCUT2D eigenvalue weighted by atomic mass is 10.0. The monoisotopic (exact) mass is 352 g/mol. The molecule has 0 spiro atoms. The summed E-state index contributed by atoms with van der Waals surface area (Å²) in [7, 11) is 1.82. The van der Waals surface area contributed by atoms with Crippen molar-refractivity contribution >= 4 is 38.9 Å². The van der Waals surface area contributed by atoms with E-state index in [4.69, 9.17) is 5.73 Å². The Morgan fingerprint density at radius 2 is 2.15 bits per heavy atom. The molecule has 106 valence electrons. The summed E-state index contributed by atoms with van der Waals surface area (Å²) >= 11 is 5.05. The van der Waals surface area contributed by atoms with Crippen LogP contribution in [-0.4, -0.2) is 17.9 Å². The summed E-state index contributed by atoms with van der Waals surface area (Å²) in [5, 5.41) is 2.02. The average molecular weight is 353 g/mol. The molecule has 2 rings (SSSR count). The van der Waals surface area contributed by atoms with Crippen LogP contribution < -0.4 is 5.73 Å². The van der Waals surface area contributed by atoms with E-state index in [1.54, 1.807) is 16.2 Å². The summed E-state index contributed by atoms with van der Waals surface area (Å²) < 4.78 is 0.820. The summed E-state index contributed by atoms with van der Waals surface area (Å²) in [5.74, 6) is -0.0172. The topological polar surface area (TPSA) is 46.3 Å². The first-order valence-electron chi connectivity index (χ1n) is 6.28. The van der Waals surface area contributed by atoms with E-state index >= 15 is 0 Å². The lowest BCUT2D eigenvalue weighted by molar-refractivity contribution is 0.0744. The maximum absolute atomic E-state index is 12.7. The maximum Gasteiger partial charge on any atom is 0.254 e. The molecule has 0 aliphatic rings. The first kappa shape index (κ1) is 15.1. The van der Waals surface area contributed by atoms with Crippen LogP contribution >= 0.6 is 27.3 Å². The Kier molecular flexibility index (Phi) is 4.50. The van der Waals surface area contributed by atoms with Gasteiger partial charge in [-0.25, -0.2) is 0 Å².